The van der Waals surface area contributed by atoms with Gasteiger partial charge in [-0.1, -0.05) is 6.42 Å². The first kappa shape index (κ1) is 25.0. The highest BCUT2D eigenvalue weighted by Crippen LogP contribution is 2.38. The van der Waals surface area contributed by atoms with Crippen LogP contribution in [-0.4, -0.2) is 65.5 Å². The van der Waals surface area contributed by atoms with Crippen LogP contribution in [0.15, 0.2) is 28.5 Å². The van der Waals surface area contributed by atoms with Crippen molar-refractivity contribution in [1.82, 2.24) is 4.31 Å². The number of hydrogen-bond acceptors (Lipinski definition) is 9. The van der Waals surface area contributed by atoms with Gasteiger partial charge in [0.1, 0.15) is 4.21 Å². The van der Waals surface area contributed by atoms with E-state index in [1.807, 2.05) is 0 Å². The van der Waals surface area contributed by atoms with E-state index in [1.54, 1.807) is 6.07 Å². The second-order valence-electron chi connectivity index (χ2n) is 7.36. The van der Waals surface area contributed by atoms with E-state index in [-0.39, 0.29) is 16.2 Å². The molecule has 1 aromatic heterocycles. The lowest BCUT2D eigenvalue weighted by molar-refractivity contribution is -0.141. The van der Waals surface area contributed by atoms with Gasteiger partial charge in [-0.3, -0.25) is 9.59 Å². The summed E-state index contributed by atoms with van der Waals surface area (Å²) in [5.74, 6) is -0.0941. The predicted molar refractivity (Wildman–Crippen MR) is 122 cm³/mol. The number of piperidine rings is 1. The van der Waals surface area contributed by atoms with Crippen molar-refractivity contribution in [3.63, 3.8) is 0 Å². The van der Waals surface area contributed by atoms with Gasteiger partial charge in [-0.15, -0.1) is 11.3 Å². The third kappa shape index (κ3) is 5.84. The minimum Gasteiger partial charge on any atom is -0.493 e. The summed E-state index contributed by atoms with van der Waals surface area (Å²) >= 11 is 1.04. The fraction of sp³-hybridized carbons (Fsp3) is 0.455. The fourth-order valence-electron chi connectivity index (χ4n) is 3.49. The van der Waals surface area contributed by atoms with Gasteiger partial charge in [0.05, 0.1) is 27.8 Å². The van der Waals surface area contributed by atoms with Crippen LogP contribution in [0.25, 0.3) is 0 Å². The van der Waals surface area contributed by atoms with Crippen LogP contribution in [0, 0.1) is 0 Å². The number of carbonyl (C=O) groups excluding carboxylic acids is 2. The lowest BCUT2D eigenvalue weighted by atomic mass is 10.1. The number of hydrogen-bond donors (Lipinski definition) is 0. The van der Waals surface area contributed by atoms with Gasteiger partial charge in [0.15, 0.2) is 18.1 Å². The van der Waals surface area contributed by atoms with Crippen molar-refractivity contribution >= 4 is 33.1 Å². The molecule has 1 saturated heterocycles. The molecular formula is C22H27NO8S2. The molecule has 11 heteroatoms. The summed E-state index contributed by atoms with van der Waals surface area (Å²) in [6.07, 6.45) is 2.61. The summed E-state index contributed by atoms with van der Waals surface area (Å²) in [6, 6.07) is 6.07. The van der Waals surface area contributed by atoms with Crippen LogP contribution >= 0.6 is 11.3 Å². The van der Waals surface area contributed by atoms with Gasteiger partial charge in [-0.25, -0.2) is 8.42 Å². The number of thiophene rings is 1. The van der Waals surface area contributed by atoms with Crippen molar-refractivity contribution in [1.29, 1.82) is 0 Å². The maximum Gasteiger partial charge on any atom is 0.311 e. The molecule has 1 aromatic carbocycles. The Kier molecular flexibility index (Phi) is 8.33. The van der Waals surface area contributed by atoms with Crippen LogP contribution < -0.4 is 14.2 Å². The molecule has 0 atom stereocenters. The van der Waals surface area contributed by atoms with Crippen molar-refractivity contribution in [2.75, 3.05) is 41.0 Å². The van der Waals surface area contributed by atoms with E-state index >= 15 is 0 Å². The molecule has 1 aliphatic heterocycles. The van der Waals surface area contributed by atoms with E-state index in [4.69, 9.17) is 18.9 Å². The average molecular weight is 498 g/mol. The predicted octanol–water partition coefficient (Wildman–Crippen LogP) is 2.92. The first-order chi connectivity index (χ1) is 15.8. The maximum atomic E-state index is 12.8. The number of rotatable bonds is 10. The molecule has 1 fully saturated rings. The molecule has 9 nitrogen and oxygen atoms in total. The molecule has 0 amide bonds. The van der Waals surface area contributed by atoms with Crippen LogP contribution in [0.1, 0.15) is 34.5 Å². The summed E-state index contributed by atoms with van der Waals surface area (Å²) < 4.78 is 48.0. The molecule has 2 heterocycles. The number of ketones is 1. The van der Waals surface area contributed by atoms with E-state index in [9.17, 15) is 18.0 Å². The average Bonchev–Trinajstić information content (AvgIpc) is 3.31. The molecule has 0 bridgehead atoms. The van der Waals surface area contributed by atoms with Crippen molar-refractivity contribution in [3.8, 4) is 17.2 Å². The number of esters is 1. The Balaban J connectivity index is 1.60. The molecule has 33 heavy (non-hydrogen) atoms. The maximum absolute atomic E-state index is 12.8. The van der Waals surface area contributed by atoms with Gasteiger partial charge in [0, 0.05) is 23.5 Å². The molecule has 0 saturated carbocycles. The molecule has 180 valence electrons. The van der Waals surface area contributed by atoms with Crippen LogP contribution in [0.4, 0.5) is 0 Å². The molecule has 0 radical (unpaired) electrons. The Labute approximate surface area is 197 Å². The van der Waals surface area contributed by atoms with E-state index in [2.05, 4.69) is 0 Å². The number of carbonyl (C=O) groups is 2. The van der Waals surface area contributed by atoms with Crippen LogP contribution in [0.2, 0.25) is 0 Å². The summed E-state index contributed by atoms with van der Waals surface area (Å²) in [4.78, 5) is 25.3. The smallest absolute Gasteiger partial charge is 0.311 e. The van der Waals surface area contributed by atoms with Crippen molar-refractivity contribution < 1.29 is 37.0 Å². The van der Waals surface area contributed by atoms with Crippen LogP contribution in [-0.2, 0) is 26.0 Å². The van der Waals surface area contributed by atoms with E-state index < -0.39 is 28.4 Å². The molecule has 3 rings (SSSR count). The number of nitrogens with zero attached hydrogens (tertiary/aromatic N) is 1. The Bertz CT molecular complexity index is 1080. The molecule has 0 aliphatic carbocycles. The molecular weight excluding hydrogens is 470 g/mol. The highest BCUT2D eigenvalue weighted by Gasteiger charge is 2.27. The summed E-state index contributed by atoms with van der Waals surface area (Å²) in [7, 11) is 0.783. The van der Waals surface area contributed by atoms with Crippen LogP contribution in [0.5, 0.6) is 17.2 Å². The topological polar surface area (TPSA) is 108 Å². The lowest BCUT2D eigenvalue weighted by Crippen LogP contribution is -2.35. The molecule has 1 aliphatic rings. The molecule has 2 aromatic rings. The number of benzene rings is 1. The third-order valence-electron chi connectivity index (χ3n) is 5.22. The number of sulfonamides is 1. The largest absolute Gasteiger partial charge is 0.493 e. The Morgan fingerprint density at radius 3 is 2.18 bits per heavy atom. The summed E-state index contributed by atoms with van der Waals surface area (Å²) in [6.45, 7) is 0.559. The van der Waals surface area contributed by atoms with Crippen molar-refractivity contribution in [3.05, 3.63) is 34.7 Å². The van der Waals surface area contributed by atoms with Gasteiger partial charge in [-0.05, 0) is 37.1 Å². The van der Waals surface area contributed by atoms with Gasteiger partial charge >= 0.3 is 5.97 Å². The van der Waals surface area contributed by atoms with Crippen LogP contribution in [0.3, 0.4) is 0 Å². The highest BCUT2D eigenvalue weighted by molar-refractivity contribution is 7.91. The minimum absolute atomic E-state index is 0.122. The van der Waals surface area contributed by atoms with Gasteiger partial charge in [0.2, 0.25) is 11.5 Å². The van der Waals surface area contributed by atoms with E-state index in [0.717, 1.165) is 30.6 Å². The zero-order chi connectivity index (χ0) is 24.0. The zero-order valence-corrected chi connectivity index (χ0v) is 20.4. The van der Waals surface area contributed by atoms with E-state index in [0.29, 0.717) is 35.2 Å². The molecule has 0 N–H and O–H groups in total. The highest BCUT2D eigenvalue weighted by atomic mass is 32.2. The second kappa shape index (κ2) is 11.0. The minimum atomic E-state index is -3.55. The first-order valence-electron chi connectivity index (χ1n) is 10.4. The van der Waals surface area contributed by atoms with Gasteiger partial charge in [0.25, 0.3) is 10.0 Å². The number of ether oxygens (including phenoxy) is 4. The second-order valence-corrected chi connectivity index (χ2v) is 10.7. The zero-order valence-electron chi connectivity index (χ0n) is 18.8. The molecule has 0 unspecified atom stereocenters. The normalized spacial score (nSPS) is 14.5. The quantitative estimate of drug-likeness (QED) is 0.364. The summed E-state index contributed by atoms with van der Waals surface area (Å²) in [5, 5.41) is 0. The SMILES string of the molecule is COc1cc(C(=O)COC(=O)Cc2ccc(S(=O)(=O)N3CCCCC3)s2)cc(OC)c1OC. The number of methoxy groups -OCH3 is 3. The van der Waals surface area contributed by atoms with Gasteiger partial charge < -0.3 is 18.9 Å². The lowest BCUT2D eigenvalue weighted by Gasteiger charge is -2.25. The summed E-state index contributed by atoms with van der Waals surface area (Å²) in [5.41, 5.74) is 0.239. The van der Waals surface area contributed by atoms with Crippen molar-refractivity contribution in [2.24, 2.45) is 0 Å². The number of Topliss-reactive ketones (excluding diaryl/α,β-unsaturated/α-hetero) is 1. The first-order valence-corrected chi connectivity index (χ1v) is 12.6. The van der Waals surface area contributed by atoms with Gasteiger partial charge in [-0.2, -0.15) is 4.31 Å². The van der Waals surface area contributed by atoms with Crippen molar-refractivity contribution in [2.45, 2.75) is 29.9 Å². The fourth-order valence-corrected chi connectivity index (χ4v) is 6.50. The molecule has 0 spiro atoms. The van der Waals surface area contributed by atoms with E-state index in [1.165, 1.54) is 43.8 Å². The third-order valence-corrected chi connectivity index (χ3v) is 8.67. The Morgan fingerprint density at radius 1 is 0.970 bits per heavy atom. The Hall–Kier alpha value is -2.63. The Morgan fingerprint density at radius 2 is 1.61 bits per heavy atom. The monoisotopic (exact) mass is 497 g/mol. The standard InChI is InChI=1S/C22H27NO8S2/c1-28-18-11-15(12-19(29-2)22(18)30-3)17(24)14-31-20(25)13-16-7-8-21(32-16)33(26,27)23-9-5-4-6-10-23/h7-8,11-12H,4-6,9-10,13-14H2,1-3H3.